The van der Waals surface area contributed by atoms with Crippen LogP contribution >= 0.6 is 0 Å². The summed E-state index contributed by atoms with van der Waals surface area (Å²) in [5.74, 6) is -0.117. The Kier molecular flexibility index (Phi) is 7.67. The highest BCUT2D eigenvalue weighted by Crippen LogP contribution is 2.37. The average molecular weight is 491 g/mol. The molecule has 3 aromatic carbocycles. The van der Waals surface area contributed by atoms with Crippen LogP contribution in [0, 0.1) is 11.2 Å². The number of aliphatic carboxylic acids is 1. The number of aryl methyl sites for hydroxylation is 1. The van der Waals surface area contributed by atoms with E-state index in [1.165, 1.54) is 12.7 Å². The zero-order valence-corrected chi connectivity index (χ0v) is 21.6. The molecule has 0 spiro atoms. The van der Waals surface area contributed by atoms with Crippen molar-refractivity contribution in [3.05, 3.63) is 82.7 Å². The first-order valence-electron chi connectivity index (χ1n) is 12.6. The molecule has 1 atom stereocenters. The predicted molar refractivity (Wildman–Crippen MR) is 140 cm³/mol. The van der Waals surface area contributed by atoms with Crippen molar-refractivity contribution < 1.29 is 23.8 Å². The van der Waals surface area contributed by atoms with E-state index in [4.69, 9.17) is 9.47 Å². The van der Waals surface area contributed by atoms with Gasteiger partial charge in [0.25, 0.3) is 0 Å². The second-order valence-corrected chi connectivity index (χ2v) is 10.9. The lowest BCUT2D eigenvalue weighted by molar-refractivity contribution is -0.137. The predicted octanol–water partition coefficient (Wildman–Crippen LogP) is 7.56. The van der Waals surface area contributed by atoms with Crippen molar-refractivity contribution in [2.24, 2.45) is 5.41 Å². The summed E-state index contributed by atoms with van der Waals surface area (Å²) in [5.41, 5.74) is 5.77. The zero-order chi connectivity index (χ0) is 25.9. The first-order chi connectivity index (χ1) is 17.1. The summed E-state index contributed by atoms with van der Waals surface area (Å²) in [4.78, 5) is 11.3. The minimum atomic E-state index is -0.766. The molecule has 3 aromatic rings. The molecule has 0 heterocycles. The summed E-state index contributed by atoms with van der Waals surface area (Å²) >= 11 is 0. The van der Waals surface area contributed by atoms with E-state index in [1.807, 2.05) is 30.3 Å². The molecule has 1 aliphatic carbocycles. The molecule has 0 saturated heterocycles. The molecule has 5 heteroatoms. The van der Waals surface area contributed by atoms with Gasteiger partial charge in [0.15, 0.2) is 11.6 Å². The van der Waals surface area contributed by atoms with Gasteiger partial charge in [-0.3, -0.25) is 4.79 Å². The van der Waals surface area contributed by atoms with Crippen LogP contribution in [0.25, 0.3) is 11.1 Å². The molecule has 0 radical (unpaired) electrons. The molecule has 1 unspecified atom stereocenters. The van der Waals surface area contributed by atoms with Crippen molar-refractivity contribution in [1.82, 2.24) is 0 Å². The number of carboxylic acid groups (broad SMARTS) is 1. The van der Waals surface area contributed by atoms with Crippen molar-refractivity contribution in [3.63, 3.8) is 0 Å². The maximum Gasteiger partial charge on any atom is 0.303 e. The van der Waals surface area contributed by atoms with Crippen molar-refractivity contribution in [3.8, 4) is 22.6 Å². The zero-order valence-electron chi connectivity index (χ0n) is 21.6. The van der Waals surface area contributed by atoms with Crippen LogP contribution in [0.3, 0.4) is 0 Å². The molecule has 36 heavy (non-hydrogen) atoms. The summed E-state index contributed by atoms with van der Waals surface area (Å²) in [6.45, 7) is 6.88. The molecule has 0 aliphatic heterocycles. The SMILES string of the molecule is COc1cccc(-c2ccc(COc3ccc4c(c3)C(CC(=O)O)CCC4)cc2CC(C)(C)C)c1F. The Morgan fingerprint density at radius 1 is 1.08 bits per heavy atom. The number of halogens is 1. The van der Waals surface area contributed by atoms with E-state index in [9.17, 15) is 9.90 Å². The topological polar surface area (TPSA) is 55.8 Å². The van der Waals surface area contributed by atoms with Gasteiger partial charge in [0, 0.05) is 5.56 Å². The summed E-state index contributed by atoms with van der Waals surface area (Å²) in [5, 5.41) is 9.31. The Balaban J connectivity index is 1.60. The van der Waals surface area contributed by atoms with E-state index in [0.29, 0.717) is 12.2 Å². The minimum absolute atomic E-state index is 0.0151. The summed E-state index contributed by atoms with van der Waals surface area (Å²) < 4.78 is 26.5. The molecule has 1 N–H and O–H groups in total. The smallest absolute Gasteiger partial charge is 0.303 e. The van der Waals surface area contributed by atoms with Gasteiger partial charge in [-0.15, -0.1) is 0 Å². The number of hydrogen-bond acceptors (Lipinski definition) is 3. The van der Waals surface area contributed by atoms with Crippen molar-refractivity contribution in [2.75, 3.05) is 7.11 Å². The van der Waals surface area contributed by atoms with Crippen molar-refractivity contribution in [2.45, 2.75) is 65.4 Å². The first kappa shape index (κ1) is 25.7. The van der Waals surface area contributed by atoms with E-state index in [1.54, 1.807) is 12.1 Å². The quantitative estimate of drug-likeness (QED) is 0.354. The van der Waals surface area contributed by atoms with Crippen LogP contribution in [0.15, 0.2) is 54.6 Å². The van der Waals surface area contributed by atoms with Crippen LogP contribution in [0.2, 0.25) is 0 Å². The molecule has 4 rings (SSSR count). The van der Waals surface area contributed by atoms with Gasteiger partial charge in [-0.1, -0.05) is 57.2 Å². The number of benzene rings is 3. The van der Waals surface area contributed by atoms with Gasteiger partial charge in [0.2, 0.25) is 0 Å². The molecular weight excluding hydrogens is 455 g/mol. The van der Waals surface area contributed by atoms with Crippen LogP contribution in [-0.4, -0.2) is 18.2 Å². The van der Waals surface area contributed by atoms with E-state index in [-0.39, 0.29) is 29.3 Å². The number of hydrogen-bond donors (Lipinski definition) is 1. The van der Waals surface area contributed by atoms with Gasteiger partial charge in [0.1, 0.15) is 12.4 Å². The van der Waals surface area contributed by atoms with Crippen molar-refractivity contribution in [1.29, 1.82) is 0 Å². The molecule has 190 valence electrons. The van der Waals surface area contributed by atoms with Crippen LogP contribution in [0.1, 0.15) is 68.2 Å². The molecule has 0 amide bonds. The average Bonchev–Trinajstić information content (AvgIpc) is 2.82. The normalized spacial score (nSPS) is 15.3. The highest BCUT2D eigenvalue weighted by molar-refractivity contribution is 5.70. The number of carbonyl (C=O) groups is 1. The molecular formula is C31H35FO4. The molecule has 1 aliphatic rings. The first-order valence-corrected chi connectivity index (χ1v) is 12.6. The number of carboxylic acids is 1. The second kappa shape index (κ2) is 10.7. The Bertz CT molecular complexity index is 1240. The molecule has 4 nitrogen and oxygen atoms in total. The maximum atomic E-state index is 15.1. The Morgan fingerprint density at radius 2 is 1.89 bits per heavy atom. The third-order valence-electron chi connectivity index (χ3n) is 6.75. The standard InChI is InChI=1S/C31H35FO4/c1-31(2,3)18-23-15-20(11-14-25(23)26-9-6-10-28(35-4)30(26)32)19-36-24-13-12-21-7-5-8-22(16-29(33)34)27(21)17-24/h6,9-15,17,22H,5,7-8,16,18-19H2,1-4H3,(H,33,34). The fraction of sp³-hybridized carbons (Fsp3) is 0.387. The second-order valence-electron chi connectivity index (χ2n) is 10.9. The van der Waals surface area contributed by atoms with E-state index < -0.39 is 5.97 Å². The van der Waals surface area contributed by atoms with Gasteiger partial charge < -0.3 is 14.6 Å². The van der Waals surface area contributed by atoms with Crippen LogP contribution in [0.5, 0.6) is 11.5 Å². The monoisotopic (exact) mass is 490 g/mol. The lowest BCUT2D eigenvalue weighted by Crippen LogP contribution is -2.14. The van der Waals surface area contributed by atoms with Gasteiger partial charge in [-0.2, -0.15) is 0 Å². The molecule has 0 fully saturated rings. The fourth-order valence-electron chi connectivity index (χ4n) is 5.15. The lowest BCUT2D eigenvalue weighted by atomic mass is 9.81. The Hall–Kier alpha value is -3.34. The van der Waals surface area contributed by atoms with Crippen LogP contribution in [-0.2, 0) is 24.2 Å². The van der Waals surface area contributed by atoms with Crippen molar-refractivity contribution >= 4 is 5.97 Å². The van der Waals surface area contributed by atoms with E-state index in [0.717, 1.165) is 53.7 Å². The Labute approximate surface area is 213 Å². The third-order valence-corrected chi connectivity index (χ3v) is 6.75. The maximum absolute atomic E-state index is 15.1. The molecule has 0 bridgehead atoms. The number of rotatable bonds is 8. The van der Waals surface area contributed by atoms with E-state index in [2.05, 4.69) is 32.9 Å². The van der Waals surface area contributed by atoms with Gasteiger partial charge in [-0.25, -0.2) is 4.39 Å². The summed E-state index contributed by atoms with van der Waals surface area (Å²) in [6, 6.07) is 17.3. The summed E-state index contributed by atoms with van der Waals surface area (Å²) in [7, 11) is 1.48. The Morgan fingerprint density at radius 3 is 2.61 bits per heavy atom. The number of fused-ring (bicyclic) bond motifs is 1. The molecule has 0 saturated carbocycles. The highest BCUT2D eigenvalue weighted by atomic mass is 19.1. The van der Waals surface area contributed by atoms with Gasteiger partial charge >= 0.3 is 5.97 Å². The number of methoxy groups -OCH3 is 1. The van der Waals surface area contributed by atoms with Crippen LogP contribution < -0.4 is 9.47 Å². The molecule has 0 aromatic heterocycles. The van der Waals surface area contributed by atoms with Crippen LogP contribution in [0.4, 0.5) is 4.39 Å². The van der Waals surface area contributed by atoms with E-state index >= 15 is 4.39 Å². The number of ether oxygens (including phenoxy) is 2. The van der Waals surface area contributed by atoms with Gasteiger partial charge in [0.05, 0.1) is 13.5 Å². The third kappa shape index (κ3) is 6.07. The fourth-order valence-corrected chi connectivity index (χ4v) is 5.15. The lowest BCUT2D eigenvalue weighted by Gasteiger charge is -2.25. The summed E-state index contributed by atoms with van der Waals surface area (Å²) in [6.07, 6.45) is 3.81. The largest absolute Gasteiger partial charge is 0.494 e. The minimum Gasteiger partial charge on any atom is -0.494 e. The van der Waals surface area contributed by atoms with Gasteiger partial charge in [-0.05, 0) is 83.0 Å². The highest BCUT2D eigenvalue weighted by Gasteiger charge is 2.23.